The number of nitrogens with one attached hydrogen (secondary N) is 1. The molecule has 7 nitrogen and oxygen atoms in total. The summed E-state index contributed by atoms with van der Waals surface area (Å²) in [4.78, 5) is 48.9. The van der Waals surface area contributed by atoms with Crippen LogP contribution in [0, 0.1) is 16.7 Å². The lowest BCUT2D eigenvalue weighted by Gasteiger charge is -2.14. The molecular formula is C16H23N3O4. The summed E-state index contributed by atoms with van der Waals surface area (Å²) in [6.07, 6.45) is 1.35. The van der Waals surface area contributed by atoms with Crippen molar-refractivity contribution < 1.29 is 19.2 Å². The maximum Gasteiger partial charge on any atom is 0.335 e. The van der Waals surface area contributed by atoms with Crippen LogP contribution in [0.25, 0.3) is 0 Å². The molecule has 0 spiro atoms. The van der Waals surface area contributed by atoms with Crippen molar-refractivity contribution in [3.63, 3.8) is 0 Å². The first kappa shape index (κ1) is 17.2. The highest BCUT2D eigenvalue weighted by Crippen LogP contribution is 2.67. The van der Waals surface area contributed by atoms with Crippen LogP contribution in [0.3, 0.4) is 0 Å². The van der Waals surface area contributed by atoms with Gasteiger partial charge in [0.15, 0.2) is 0 Å². The maximum atomic E-state index is 12.0. The van der Waals surface area contributed by atoms with Crippen LogP contribution in [-0.4, -0.2) is 53.2 Å². The van der Waals surface area contributed by atoms with Crippen molar-refractivity contribution in [3.05, 3.63) is 12.7 Å². The molecule has 0 bridgehead atoms. The number of hydrogen-bond donors (Lipinski definition) is 1. The van der Waals surface area contributed by atoms with Crippen LogP contribution >= 0.6 is 0 Å². The molecule has 0 aromatic carbocycles. The highest BCUT2D eigenvalue weighted by Gasteiger charge is 2.64. The van der Waals surface area contributed by atoms with E-state index < -0.39 is 30.3 Å². The molecule has 0 radical (unpaired) electrons. The Morgan fingerprint density at radius 3 is 2.13 bits per heavy atom. The minimum absolute atomic E-state index is 0.0496. The van der Waals surface area contributed by atoms with Crippen molar-refractivity contribution in [1.29, 1.82) is 0 Å². The van der Waals surface area contributed by atoms with Gasteiger partial charge in [-0.15, -0.1) is 6.58 Å². The van der Waals surface area contributed by atoms with Gasteiger partial charge in [-0.05, 0) is 16.7 Å². The minimum Gasteiger partial charge on any atom is -0.354 e. The number of rotatable bonds is 6. The molecule has 1 heterocycles. The van der Waals surface area contributed by atoms with Crippen LogP contribution in [0.4, 0.5) is 4.79 Å². The quantitative estimate of drug-likeness (QED) is 0.444. The summed E-state index contributed by atoms with van der Waals surface area (Å²) in [5.74, 6) is -2.01. The first-order valence-electron chi connectivity index (χ1n) is 7.60. The van der Waals surface area contributed by atoms with Gasteiger partial charge in [0.25, 0.3) is 0 Å². The Kier molecular flexibility index (Phi) is 4.09. The smallest absolute Gasteiger partial charge is 0.335 e. The van der Waals surface area contributed by atoms with E-state index in [0.717, 1.165) is 4.90 Å². The zero-order valence-corrected chi connectivity index (χ0v) is 14.0. The molecule has 23 heavy (non-hydrogen) atoms. The SMILES string of the molecule is C=CCN1C(=O)C(=O)N(CC(=O)NCC2C(C)(C)C2(C)C)C1=O. The number of carbonyl (C=O) groups excluding carboxylic acids is 4. The van der Waals surface area contributed by atoms with Gasteiger partial charge in [-0.2, -0.15) is 0 Å². The standard InChI is InChI=1S/C16H23N3O4/c1-6-7-18-12(21)13(22)19(14(18)23)9-11(20)17-8-10-15(2,3)16(10,4)5/h6,10H,1,7-9H2,2-5H3,(H,17,20). The van der Waals surface area contributed by atoms with Crippen LogP contribution < -0.4 is 5.32 Å². The molecule has 0 atom stereocenters. The third-order valence-electron chi connectivity index (χ3n) is 5.57. The zero-order chi connectivity index (χ0) is 17.6. The molecule has 0 unspecified atom stereocenters. The van der Waals surface area contributed by atoms with E-state index in [2.05, 4.69) is 39.6 Å². The molecule has 2 rings (SSSR count). The van der Waals surface area contributed by atoms with Crippen molar-refractivity contribution in [2.75, 3.05) is 19.6 Å². The highest BCUT2D eigenvalue weighted by atomic mass is 16.2. The van der Waals surface area contributed by atoms with Crippen LogP contribution in [0.15, 0.2) is 12.7 Å². The van der Waals surface area contributed by atoms with E-state index in [9.17, 15) is 19.2 Å². The average Bonchev–Trinajstić information content (AvgIpc) is 2.77. The first-order chi connectivity index (χ1) is 10.6. The Labute approximate surface area is 135 Å². The normalized spacial score (nSPS) is 22.5. The number of urea groups is 1. The lowest BCUT2D eigenvalue weighted by molar-refractivity contribution is -0.143. The number of imide groups is 2. The van der Waals surface area contributed by atoms with Gasteiger partial charge in [-0.25, -0.2) is 9.69 Å². The molecule has 1 N–H and O–H groups in total. The molecule has 0 aromatic rings. The second-order valence-electron chi connectivity index (χ2n) is 7.18. The molecule has 1 saturated heterocycles. The second-order valence-corrected chi connectivity index (χ2v) is 7.18. The topological polar surface area (TPSA) is 86.8 Å². The Balaban J connectivity index is 1.91. The van der Waals surface area contributed by atoms with E-state index in [1.165, 1.54) is 6.08 Å². The fourth-order valence-electron chi connectivity index (χ4n) is 3.24. The van der Waals surface area contributed by atoms with E-state index in [1.807, 2.05) is 0 Å². The van der Waals surface area contributed by atoms with Gasteiger partial charge in [0.2, 0.25) is 5.91 Å². The maximum absolute atomic E-state index is 12.0. The van der Waals surface area contributed by atoms with E-state index in [4.69, 9.17) is 0 Å². The van der Waals surface area contributed by atoms with Gasteiger partial charge in [0.05, 0.1) is 0 Å². The van der Waals surface area contributed by atoms with Crippen LogP contribution in [0.2, 0.25) is 0 Å². The monoisotopic (exact) mass is 321 g/mol. The lowest BCUT2D eigenvalue weighted by Crippen LogP contribution is -2.42. The number of carbonyl (C=O) groups is 4. The molecule has 7 heteroatoms. The molecule has 126 valence electrons. The molecule has 0 aromatic heterocycles. The van der Waals surface area contributed by atoms with Crippen molar-refractivity contribution in [2.45, 2.75) is 27.7 Å². The fraction of sp³-hybridized carbons (Fsp3) is 0.625. The lowest BCUT2D eigenvalue weighted by atomic mass is 10.0. The second kappa shape index (κ2) is 5.47. The van der Waals surface area contributed by atoms with E-state index in [-0.39, 0.29) is 17.4 Å². The van der Waals surface area contributed by atoms with Crippen LogP contribution in [0.1, 0.15) is 27.7 Å². The van der Waals surface area contributed by atoms with Gasteiger partial charge in [-0.3, -0.25) is 19.3 Å². The summed E-state index contributed by atoms with van der Waals surface area (Å²) in [5.41, 5.74) is 0.270. The van der Waals surface area contributed by atoms with Gasteiger partial charge in [-0.1, -0.05) is 33.8 Å². The fourth-order valence-corrected chi connectivity index (χ4v) is 3.24. The molecule has 1 aliphatic carbocycles. The number of nitrogens with zero attached hydrogens (tertiary/aromatic N) is 2. The first-order valence-corrected chi connectivity index (χ1v) is 7.60. The van der Waals surface area contributed by atoms with Crippen molar-refractivity contribution in [2.24, 2.45) is 16.7 Å². The van der Waals surface area contributed by atoms with Gasteiger partial charge in [0, 0.05) is 13.1 Å². The number of amides is 5. The summed E-state index contributed by atoms with van der Waals surface area (Å²) < 4.78 is 0. The summed E-state index contributed by atoms with van der Waals surface area (Å²) in [6.45, 7) is 12.0. The third kappa shape index (κ3) is 2.64. The van der Waals surface area contributed by atoms with Gasteiger partial charge in [0.1, 0.15) is 6.54 Å². The summed E-state index contributed by atoms with van der Waals surface area (Å²) in [5, 5.41) is 2.75. The van der Waals surface area contributed by atoms with Crippen LogP contribution in [-0.2, 0) is 14.4 Å². The molecule has 2 aliphatic rings. The van der Waals surface area contributed by atoms with E-state index in [1.54, 1.807) is 0 Å². The summed E-state index contributed by atoms with van der Waals surface area (Å²) >= 11 is 0. The van der Waals surface area contributed by atoms with Gasteiger partial charge < -0.3 is 5.32 Å². The summed E-state index contributed by atoms with van der Waals surface area (Å²) in [7, 11) is 0. The molecule has 1 aliphatic heterocycles. The largest absolute Gasteiger partial charge is 0.354 e. The molecular weight excluding hydrogens is 298 g/mol. The van der Waals surface area contributed by atoms with Crippen molar-refractivity contribution in [1.82, 2.24) is 15.1 Å². The van der Waals surface area contributed by atoms with Crippen molar-refractivity contribution >= 4 is 23.8 Å². The van der Waals surface area contributed by atoms with Crippen LogP contribution in [0.5, 0.6) is 0 Å². The van der Waals surface area contributed by atoms with Crippen molar-refractivity contribution in [3.8, 4) is 0 Å². The Morgan fingerprint density at radius 2 is 1.65 bits per heavy atom. The zero-order valence-electron chi connectivity index (χ0n) is 14.0. The molecule has 2 fully saturated rings. The highest BCUT2D eigenvalue weighted by molar-refractivity contribution is 6.45. The Hall–Kier alpha value is -2.18. The Morgan fingerprint density at radius 1 is 1.13 bits per heavy atom. The predicted octanol–water partition coefficient (Wildman–Crippen LogP) is 0.762. The summed E-state index contributed by atoms with van der Waals surface area (Å²) in [6, 6.07) is -0.776. The predicted molar refractivity (Wildman–Crippen MR) is 83.1 cm³/mol. The molecule has 1 saturated carbocycles. The van der Waals surface area contributed by atoms with E-state index >= 15 is 0 Å². The molecule has 5 amide bonds. The Bertz CT molecular complexity index is 580. The minimum atomic E-state index is -0.973. The average molecular weight is 321 g/mol. The third-order valence-corrected chi connectivity index (χ3v) is 5.57. The number of hydrogen-bond acceptors (Lipinski definition) is 4. The van der Waals surface area contributed by atoms with Gasteiger partial charge >= 0.3 is 17.8 Å². The van der Waals surface area contributed by atoms with E-state index in [0.29, 0.717) is 17.4 Å².